The van der Waals surface area contributed by atoms with Crippen LogP contribution in [0.15, 0.2) is 0 Å². The summed E-state index contributed by atoms with van der Waals surface area (Å²) in [7, 11) is 0. The number of rotatable bonds is 0. The molecule has 4 atom stereocenters. The lowest BCUT2D eigenvalue weighted by molar-refractivity contribution is -0.152. The molecule has 0 spiro atoms. The van der Waals surface area contributed by atoms with Gasteiger partial charge in [0.1, 0.15) is 11.6 Å². The van der Waals surface area contributed by atoms with Gasteiger partial charge < -0.3 is 10.5 Å². The third-order valence-electron chi connectivity index (χ3n) is 3.76. The fraction of sp³-hybridized carbons (Fsp3) is 0.900. The highest BCUT2D eigenvalue weighted by Crippen LogP contribution is 2.49. The van der Waals surface area contributed by atoms with E-state index in [1.807, 2.05) is 0 Å². The summed E-state index contributed by atoms with van der Waals surface area (Å²) in [5.74, 6) is -4.56. The molecule has 2 rings (SSSR count). The molecule has 5 heteroatoms. The Morgan fingerprint density at radius 1 is 1.47 bits per heavy atom. The van der Waals surface area contributed by atoms with Crippen LogP contribution in [0.1, 0.15) is 26.7 Å². The molecule has 3 nitrogen and oxygen atoms in total. The number of alkyl halides is 2. The number of cyclic esters (lactones) is 1. The Balaban J connectivity index is 2.33. The molecule has 2 fully saturated rings. The first kappa shape index (κ1) is 10.8. The minimum Gasteiger partial charge on any atom is -0.461 e. The van der Waals surface area contributed by atoms with Crippen LogP contribution in [-0.4, -0.2) is 23.5 Å². The van der Waals surface area contributed by atoms with Crippen molar-refractivity contribution in [1.82, 2.24) is 0 Å². The van der Waals surface area contributed by atoms with E-state index in [4.69, 9.17) is 10.5 Å². The molecule has 1 aliphatic carbocycles. The topological polar surface area (TPSA) is 52.3 Å². The number of hydrogen-bond acceptors (Lipinski definition) is 3. The van der Waals surface area contributed by atoms with Crippen LogP contribution in [0, 0.1) is 11.8 Å². The molecule has 1 aliphatic heterocycles. The third kappa shape index (κ3) is 1.36. The summed E-state index contributed by atoms with van der Waals surface area (Å²) in [6, 6.07) is 0. The van der Waals surface area contributed by atoms with Gasteiger partial charge in [-0.25, -0.2) is 8.78 Å². The van der Waals surface area contributed by atoms with Gasteiger partial charge in [-0.3, -0.25) is 4.79 Å². The first-order chi connectivity index (χ1) is 6.77. The second-order valence-electron chi connectivity index (χ2n) is 4.83. The lowest BCUT2D eigenvalue weighted by atomic mass is 9.67. The van der Waals surface area contributed by atoms with Gasteiger partial charge in [-0.05, 0) is 13.3 Å². The highest BCUT2D eigenvalue weighted by Gasteiger charge is 2.63. The molecule has 86 valence electrons. The molecule has 2 N–H and O–H groups in total. The third-order valence-corrected chi connectivity index (χ3v) is 3.76. The van der Waals surface area contributed by atoms with Gasteiger partial charge in [0.25, 0.3) is 5.92 Å². The molecule has 0 aromatic carbocycles. The first-order valence-corrected chi connectivity index (χ1v) is 5.15. The van der Waals surface area contributed by atoms with Crippen LogP contribution < -0.4 is 5.73 Å². The smallest absolute Gasteiger partial charge is 0.327 e. The van der Waals surface area contributed by atoms with Gasteiger partial charge in [-0.1, -0.05) is 6.92 Å². The Kier molecular flexibility index (Phi) is 2.09. The number of esters is 1. The fourth-order valence-electron chi connectivity index (χ4n) is 2.65. The summed E-state index contributed by atoms with van der Waals surface area (Å²) in [4.78, 5) is 11.5. The Bertz CT molecular complexity index is 308. The van der Waals surface area contributed by atoms with Crippen molar-refractivity contribution in [2.45, 2.75) is 44.3 Å². The quantitative estimate of drug-likeness (QED) is 0.625. The molecule has 0 amide bonds. The molecule has 2 aliphatic rings. The van der Waals surface area contributed by atoms with E-state index in [0.717, 1.165) is 0 Å². The van der Waals surface area contributed by atoms with Crippen molar-refractivity contribution in [1.29, 1.82) is 0 Å². The highest BCUT2D eigenvalue weighted by atomic mass is 19.3. The summed E-state index contributed by atoms with van der Waals surface area (Å²) < 4.78 is 31.9. The first-order valence-electron chi connectivity index (χ1n) is 5.15. The average Bonchev–Trinajstić information content (AvgIpc) is 2.27. The van der Waals surface area contributed by atoms with E-state index in [1.54, 1.807) is 6.92 Å². The van der Waals surface area contributed by atoms with Gasteiger partial charge in [-0.15, -0.1) is 0 Å². The highest BCUT2D eigenvalue weighted by molar-refractivity contribution is 5.83. The van der Waals surface area contributed by atoms with Crippen LogP contribution >= 0.6 is 0 Å². The normalized spacial score (nSPS) is 48.6. The number of carbonyl (C=O) groups excluding carboxylic acids is 1. The van der Waals surface area contributed by atoms with Gasteiger partial charge in [0.15, 0.2) is 0 Å². The van der Waals surface area contributed by atoms with Gasteiger partial charge in [-0.2, -0.15) is 0 Å². The standard InChI is InChI=1S/C10H15F2NO2/c1-5-3-7-6(2)15-8(14)9(7,13)4-10(5,11)12/h5-7H,3-4,13H2,1-2H3. The van der Waals surface area contributed by atoms with Gasteiger partial charge in [0.05, 0.1) is 0 Å². The summed E-state index contributed by atoms with van der Waals surface area (Å²) in [5, 5.41) is 0. The van der Waals surface area contributed by atoms with Crippen molar-refractivity contribution in [3.8, 4) is 0 Å². The molecule has 0 radical (unpaired) electrons. The summed E-state index contributed by atoms with van der Waals surface area (Å²) in [6.07, 6.45) is -0.688. The predicted molar refractivity (Wildman–Crippen MR) is 49.3 cm³/mol. The monoisotopic (exact) mass is 219 g/mol. The van der Waals surface area contributed by atoms with Crippen LogP contribution in [0.4, 0.5) is 8.78 Å². The van der Waals surface area contributed by atoms with Crippen LogP contribution in [0.25, 0.3) is 0 Å². The minimum atomic E-state index is -2.87. The van der Waals surface area contributed by atoms with Crippen molar-refractivity contribution >= 4 is 5.97 Å². The molecule has 15 heavy (non-hydrogen) atoms. The number of hydrogen-bond donors (Lipinski definition) is 1. The van der Waals surface area contributed by atoms with E-state index in [1.165, 1.54) is 6.92 Å². The van der Waals surface area contributed by atoms with Crippen LogP contribution in [0.5, 0.6) is 0 Å². The average molecular weight is 219 g/mol. The van der Waals surface area contributed by atoms with Crippen LogP contribution in [0.2, 0.25) is 0 Å². The molecule has 0 aromatic heterocycles. The van der Waals surface area contributed by atoms with Gasteiger partial charge in [0, 0.05) is 18.3 Å². The van der Waals surface area contributed by atoms with E-state index >= 15 is 0 Å². The van der Waals surface area contributed by atoms with E-state index < -0.39 is 29.8 Å². The lowest BCUT2D eigenvalue weighted by Crippen LogP contribution is -2.59. The van der Waals surface area contributed by atoms with Crippen molar-refractivity contribution in [3.05, 3.63) is 0 Å². The molecule has 1 heterocycles. The maximum atomic E-state index is 13.5. The maximum absolute atomic E-state index is 13.5. The van der Waals surface area contributed by atoms with Gasteiger partial charge >= 0.3 is 5.97 Å². The largest absolute Gasteiger partial charge is 0.461 e. The Morgan fingerprint density at radius 2 is 2.07 bits per heavy atom. The Labute approximate surface area is 87.0 Å². The molecular formula is C10H15F2NO2. The molecule has 0 bridgehead atoms. The summed E-state index contributed by atoms with van der Waals surface area (Å²) in [5.41, 5.74) is 4.30. The van der Waals surface area contributed by atoms with Crippen molar-refractivity contribution < 1.29 is 18.3 Å². The maximum Gasteiger partial charge on any atom is 0.327 e. The summed E-state index contributed by atoms with van der Waals surface area (Å²) in [6.45, 7) is 3.21. The fourth-order valence-corrected chi connectivity index (χ4v) is 2.65. The SMILES string of the molecule is CC1OC(=O)C2(N)CC(F)(F)C(C)CC12. The predicted octanol–water partition coefficient (Wildman–Crippen LogP) is 1.31. The van der Waals surface area contributed by atoms with Gasteiger partial charge in [0.2, 0.25) is 0 Å². The number of carbonyl (C=O) groups is 1. The van der Waals surface area contributed by atoms with Crippen LogP contribution in [0.3, 0.4) is 0 Å². The number of fused-ring (bicyclic) bond motifs is 1. The summed E-state index contributed by atoms with van der Waals surface area (Å²) >= 11 is 0. The Hall–Kier alpha value is -0.710. The number of halogens is 2. The molecule has 1 saturated carbocycles. The minimum absolute atomic E-state index is 0.246. The zero-order valence-corrected chi connectivity index (χ0v) is 8.80. The zero-order valence-electron chi connectivity index (χ0n) is 8.80. The lowest BCUT2D eigenvalue weighted by Gasteiger charge is -2.40. The number of ether oxygens (including phenoxy) is 1. The number of nitrogens with two attached hydrogens (primary N) is 1. The van der Waals surface area contributed by atoms with E-state index in [9.17, 15) is 13.6 Å². The molecule has 1 saturated heterocycles. The molecular weight excluding hydrogens is 204 g/mol. The van der Waals surface area contributed by atoms with Crippen molar-refractivity contribution in [2.75, 3.05) is 0 Å². The van der Waals surface area contributed by atoms with Crippen LogP contribution in [-0.2, 0) is 9.53 Å². The zero-order chi connectivity index (χ0) is 11.4. The van der Waals surface area contributed by atoms with E-state index in [2.05, 4.69) is 0 Å². The second-order valence-corrected chi connectivity index (χ2v) is 4.83. The second kappa shape index (κ2) is 2.90. The van der Waals surface area contributed by atoms with Crippen molar-refractivity contribution in [2.24, 2.45) is 17.6 Å². The molecule has 0 aromatic rings. The van der Waals surface area contributed by atoms with E-state index in [0.29, 0.717) is 0 Å². The van der Waals surface area contributed by atoms with E-state index in [-0.39, 0.29) is 18.4 Å². The molecule has 4 unspecified atom stereocenters. The Morgan fingerprint density at radius 3 is 2.67 bits per heavy atom. The van der Waals surface area contributed by atoms with Crippen molar-refractivity contribution in [3.63, 3.8) is 0 Å².